The lowest BCUT2D eigenvalue weighted by Crippen LogP contribution is -2.50. The van der Waals surface area contributed by atoms with Gasteiger partial charge in [-0.25, -0.2) is 4.79 Å². The molecule has 0 amide bonds. The van der Waals surface area contributed by atoms with Crippen LogP contribution >= 0.6 is 0 Å². The van der Waals surface area contributed by atoms with Crippen molar-refractivity contribution in [2.24, 2.45) is 0 Å². The lowest BCUT2D eigenvalue weighted by atomic mass is 9.94. The van der Waals surface area contributed by atoms with E-state index < -0.39 is 18.1 Å². The quantitative estimate of drug-likeness (QED) is 0.662. The normalized spacial score (nSPS) is 17.6. The third-order valence-electron chi connectivity index (χ3n) is 5.08. The Hall–Kier alpha value is -3.37. The van der Waals surface area contributed by atoms with Crippen molar-refractivity contribution in [2.75, 3.05) is 0 Å². The number of carbonyl (C=O) groups is 1. The molecule has 146 valence electrons. The maximum absolute atomic E-state index is 12.9. The van der Waals surface area contributed by atoms with Gasteiger partial charge in [-0.1, -0.05) is 91.0 Å². The standard InChI is InChI=1S/C25H23NO3/c1-18(27)23-25(28)29-22(19-11-5-2-6-12-19)17-26(23)24(20-13-7-3-8-14-20)21-15-9-4-10-16-21/h2-18,23-24,27H,1H3/t18-,23+/m1/s1. The summed E-state index contributed by atoms with van der Waals surface area (Å²) in [6.45, 7) is 1.62. The minimum atomic E-state index is -0.897. The summed E-state index contributed by atoms with van der Waals surface area (Å²) in [6.07, 6.45) is 0.949. The van der Waals surface area contributed by atoms with Gasteiger partial charge in [0.15, 0.2) is 11.8 Å². The molecule has 0 spiro atoms. The molecule has 0 fully saturated rings. The van der Waals surface area contributed by atoms with Gasteiger partial charge in [0.1, 0.15) is 0 Å². The molecule has 0 radical (unpaired) electrons. The van der Waals surface area contributed by atoms with E-state index in [-0.39, 0.29) is 6.04 Å². The first-order valence-electron chi connectivity index (χ1n) is 9.69. The molecule has 29 heavy (non-hydrogen) atoms. The zero-order chi connectivity index (χ0) is 20.2. The monoisotopic (exact) mass is 385 g/mol. The summed E-state index contributed by atoms with van der Waals surface area (Å²) in [5, 5.41) is 10.4. The summed E-state index contributed by atoms with van der Waals surface area (Å²) in [5.41, 5.74) is 2.88. The summed E-state index contributed by atoms with van der Waals surface area (Å²) < 4.78 is 5.62. The first kappa shape index (κ1) is 19.0. The van der Waals surface area contributed by atoms with Gasteiger partial charge in [-0.3, -0.25) is 0 Å². The maximum atomic E-state index is 12.9. The van der Waals surface area contributed by atoms with Crippen molar-refractivity contribution in [1.29, 1.82) is 0 Å². The largest absolute Gasteiger partial charge is 0.423 e. The van der Waals surface area contributed by atoms with Crippen LogP contribution in [0, 0.1) is 0 Å². The van der Waals surface area contributed by atoms with Crippen LogP contribution in [0.1, 0.15) is 29.7 Å². The number of rotatable bonds is 5. The van der Waals surface area contributed by atoms with E-state index in [1.165, 1.54) is 0 Å². The van der Waals surface area contributed by atoms with Crippen LogP contribution in [-0.2, 0) is 9.53 Å². The SMILES string of the molecule is C[C@@H](O)[C@H]1C(=O)OC(c2ccccc2)=CN1C(c1ccccc1)c1ccccc1. The number of cyclic esters (lactones) is 1. The van der Waals surface area contributed by atoms with Crippen LogP contribution in [0.2, 0.25) is 0 Å². The molecule has 3 aromatic carbocycles. The van der Waals surface area contributed by atoms with Crippen molar-refractivity contribution < 1.29 is 14.6 Å². The molecule has 0 aromatic heterocycles. The molecule has 1 aliphatic rings. The van der Waals surface area contributed by atoms with E-state index in [2.05, 4.69) is 0 Å². The molecular weight excluding hydrogens is 362 g/mol. The van der Waals surface area contributed by atoms with Gasteiger partial charge in [-0.15, -0.1) is 0 Å². The fourth-order valence-electron chi connectivity index (χ4n) is 3.76. The van der Waals surface area contributed by atoms with Crippen LogP contribution in [0.5, 0.6) is 0 Å². The Balaban J connectivity index is 1.88. The number of ether oxygens (including phenoxy) is 1. The van der Waals surface area contributed by atoms with Gasteiger partial charge in [0.05, 0.1) is 12.1 Å². The Kier molecular flexibility index (Phi) is 5.45. The number of aliphatic hydroxyl groups excluding tert-OH is 1. The van der Waals surface area contributed by atoms with Gasteiger partial charge >= 0.3 is 5.97 Å². The smallest absolute Gasteiger partial charge is 0.336 e. The molecule has 4 nitrogen and oxygen atoms in total. The topological polar surface area (TPSA) is 49.8 Å². The van der Waals surface area contributed by atoms with Crippen molar-refractivity contribution in [3.8, 4) is 0 Å². The molecule has 1 heterocycles. The van der Waals surface area contributed by atoms with Crippen LogP contribution in [-0.4, -0.2) is 28.1 Å². The van der Waals surface area contributed by atoms with Gasteiger partial charge in [0.25, 0.3) is 0 Å². The molecule has 0 aliphatic carbocycles. The highest BCUT2D eigenvalue weighted by Gasteiger charge is 2.39. The zero-order valence-electron chi connectivity index (χ0n) is 16.2. The van der Waals surface area contributed by atoms with E-state index in [1.54, 1.807) is 6.92 Å². The highest BCUT2D eigenvalue weighted by molar-refractivity contribution is 5.85. The highest BCUT2D eigenvalue weighted by atomic mass is 16.5. The highest BCUT2D eigenvalue weighted by Crippen LogP contribution is 2.36. The molecule has 3 aromatic rings. The van der Waals surface area contributed by atoms with Gasteiger partial charge in [-0.05, 0) is 18.1 Å². The minimum absolute atomic E-state index is 0.247. The molecule has 4 rings (SSSR count). The number of benzene rings is 3. The fourth-order valence-corrected chi connectivity index (χ4v) is 3.76. The molecule has 1 N–H and O–H groups in total. The Bertz CT molecular complexity index is 945. The molecule has 4 heteroatoms. The van der Waals surface area contributed by atoms with Gasteiger partial charge < -0.3 is 14.7 Å². The molecular formula is C25H23NO3. The predicted molar refractivity (Wildman–Crippen MR) is 113 cm³/mol. The van der Waals surface area contributed by atoms with Crippen LogP contribution < -0.4 is 0 Å². The minimum Gasteiger partial charge on any atom is -0.423 e. The Morgan fingerprint density at radius 2 is 1.31 bits per heavy atom. The van der Waals surface area contributed by atoms with E-state index in [1.807, 2.05) is 102 Å². The van der Waals surface area contributed by atoms with Crippen molar-refractivity contribution in [2.45, 2.75) is 25.1 Å². The average Bonchev–Trinajstić information content (AvgIpc) is 2.75. The van der Waals surface area contributed by atoms with Crippen molar-refractivity contribution in [1.82, 2.24) is 4.90 Å². The predicted octanol–water partition coefficient (Wildman–Crippen LogP) is 4.38. The molecule has 0 bridgehead atoms. The molecule has 2 atom stereocenters. The van der Waals surface area contributed by atoms with Crippen LogP contribution in [0.4, 0.5) is 0 Å². The number of hydrogen-bond donors (Lipinski definition) is 1. The first-order valence-corrected chi connectivity index (χ1v) is 9.69. The molecule has 1 aliphatic heterocycles. The Labute approximate surface area is 170 Å². The molecule has 0 unspecified atom stereocenters. The second kappa shape index (κ2) is 8.33. The first-order chi connectivity index (χ1) is 14.1. The van der Waals surface area contributed by atoms with Crippen LogP contribution in [0.3, 0.4) is 0 Å². The fraction of sp³-hybridized carbons (Fsp3) is 0.160. The summed E-state index contributed by atoms with van der Waals surface area (Å²) >= 11 is 0. The van der Waals surface area contributed by atoms with Crippen LogP contribution in [0.15, 0.2) is 97.2 Å². The van der Waals surface area contributed by atoms with Gasteiger partial charge in [0.2, 0.25) is 0 Å². The second-order valence-corrected chi connectivity index (χ2v) is 7.14. The van der Waals surface area contributed by atoms with E-state index in [0.717, 1.165) is 16.7 Å². The zero-order valence-corrected chi connectivity index (χ0v) is 16.2. The summed E-state index contributed by atoms with van der Waals surface area (Å²) in [4.78, 5) is 14.9. The molecule has 0 saturated heterocycles. The van der Waals surface area contributed by atoms with Crippen molar-refractivity contribution in [3.63, 3.8) is 0 Å². The van der Waals surface area contributed by atoms with Gasteiger partial charge in [0, 0.05) is 11.8 Å². The Morgan fingerprint density at radius 3 is 1.79 bits per heavy atom. The van der Waals surface area contributed by atoms with Gasteiger partial charge in [-0.2, -0.15) is 0 Å². The summed E-state index contributed by atoms with van der Waals surface area (Å²) in [5.74, 6) is 0.0163. The van der Waals surface area contributed by atoms with Crippen molar-refractivity contribution in [3.05, 3.63) is 114 Å². The van der Waals surface area contributed by atoms with E-state index in [0.29, 0.717) is 5.76 Å². The van der Waals surface area contributed by atoms with E-state index in [4.69, 9.17) is 4.74 Å². The van der Waals surface area contributed by atoms with Crippen LogP contribution in [0.25, 0.3) is 5.76 Å². The third-order valence-corrected chi connectivity index (χ3v) is 5.08. The number of esters is 1. The lowest BCUT2D eigenvalue weighted by Gasteiger charge is -2.41. The third kappa shape index (κ3) is 3.93. The number of carbonyl (C=O) groups excluding carboxylic acids is 1. The molecule has 0 saturated carbocycles. The lowest BCUT2D eigenvalue weighted by molar-refractivity contribution is -0.148. The number of aliphatic hydroxyl groups is 1. The van der Waals surface area contributed by atoms with Crippen molar-refractivity contribution >= 4 is 11.7 Å². The Morgan fingerprint density at radius 1 is 0.828 bits per heavy atom. The maximum Gasteiger partial charge on any atom is 0.336 e. The van der Waals surface area contributed by atoms with E-state index in [9.17, 15) is 9.90 Å². The van der Waals surface area contributed by atoms with E-state index >= 15 is 0 Å². The average molecular weight is 385 g/mol. The summed E-state index contributed by atoms with van der Waals surface area (Å²) in [7, 11) is 0. The number of nitrogens with zero attached hydrogens (tertiary/aromatic N) is 1. The second-order valence-electron chi connectivity index (χ2n) is 7.14. The summed E-state index contributed by atoms with van der Waals surface area (Å²) in [6, 6.07) is 28.5. The number of hydrogen-bond acceptors (Lipinski definition) is 4.